The number of thiophene rings is 1. The van der Waals surface area contributed by atoms with E-state index in [1.807, 2.05) is 24.3 Å². The Hall–Kier alpha value is -2.19. The normalized spacial score (nSPS) is 16.3. The zero-order chi connectivity index (χ0) is 18.1. The van der Waals surface area contributed by atoms with Crippen LogP contribution >= 0.6 is 11.3 Å². The van der Waals surface area contributed by atoms with Crippen molar-refractivity contribution in [3.63, 3.8) is 0 Å². The first-order valence-electron chi connectivity index (χ1n) is 8.63. The van der Waals surface area contributed by atoms with Gasteiger partial charge in [-0.2, -0.15) is 0 Å². The molecular weight excluding hydrogens is 368 g/mol. The Kier molecular flexibility index (Phi) is 4.54. The van der Waals surface area contributed by atoms with E-state index in [1.54, 1.807) is 17.7 Å². The fraction of sp³-hybridized carbons (Fsp3) is 0.333. The molecule has 0 atom stereocenters. The van der Waals surface area contributed by atoms with Gasteiger partial charge in [0.1, 0.15) is 17.0 Å². The molecule has 0 bridgehead atoms. The van der Waals surface area contributed by atoms with Crippen molar-refractivity contribution in [3.05, 3.63) is 47.1 Å². The van der Waals surface area contributed by atoms with Gasteiger partial charge in [-0.15, -0.1) is 11.3 Å². The van der Waals surface area contributed by atoms with Crippen LogP contribution in [0, 0.1) is 0 Å². The highest BCUT2D eigenvalue weighted by Gasteiger charge is 2.28. The highest BCUT2D eigenvalue weighted by Crippen LogP contribution is 2.29. The first kappa shape index (κ1) is 17.2. The van der Waals surface area contributed by atoms with E-state index in [1.165, 1.54) is 9.18 Å². The summed E-state index contributed by atoms with van der Waals surface area (Å²) in [6.45, 7) is 3.26. The average molecular weight is 389 g/mol. The van der Waals surface area contributed by atoms with E-state index in [0.717, 1.165) is 33.7 Å². The van der Waals surface area contributed by atoms with Gasteiger partial charge in [-0.1, -0.05) is 19.1 Å². The number of nitrogens with zero attached hydrogens (tertiary/aromatic N) is 3. The zero-order valence-electron chi connectivity index (χ0n) is 14.5. The van der Waals surface area contributed by atoms with Gasteiger partial charge in [-0.3, -0.25) is 4.31 Å². The monoisotopic (exact) mass is 388 g/mol. The Morgan fingerprint density at radius 2 is 2.15 bits per heavy atom. The molecule has 0 saturated carbocycles. The molecule has 136 valence electrons. The molecule has 0 spiro atoms. The van der Waals surface area contributed by atoms with Gasteiger partial charge in [0.05, 0.1) is 16.8 Å². The maximum atomic E-state index is 12.1. The van der Waals surface area contributed by atoms with Crippen LogP contribution in [0.15, 0.2) is 36.7 Å². The van der Waals surface area contributed by atoms with Gasteiger partial charge in [0, 0.05) is 18.0 Å². The fourth-order valence-corrected chi connectivity index (χ4v) is 5.65. The lowest BCUT2D eigenvalue weighted by Gasteiger charge is -2.17. The van der Waals surface area contributed by atoms with Crippen molar-refractivity contribution < 1.29 is 8.42 Å². The topological polar surface area (TPSA) is 75.2 Å². The summed E-state index contributed by atoms with van der Waals surface area (Å²) in [4.78, 5) is 11.0. The average Bonchev–Trinajstić information content (AvgIpc) is 3.22. The predicted molar refractivity (Wildman–Crippen MR) is 106 cm³/mol. The third-order valence-corrected chi connectivity index (χ3v) is 7.54. The maximum absolute atomic E-state index is 12.1. The highest BCUT2D eigenvalue weighted by atomic mass is 32.2. The molecular formula is C18H20N4O2S2. The number of anilines is 2. The van der Waals surface area contributed by atoms with Crippen molar-refractivity contribution >= 4 is 43.1 Å². The first-order valence-corrected chi connectivity index (χ1v) is 11.1. The van der Waals surface area contributed by atoms with Gasteiger partial charge < -0.3 is 5.32 Å². The molecule has 2 aromatic heterocycles. The molecule has 3 aromatic rings. The van der Waals surface area contributed by atoms with E-state index in [2.05, 4.69) is 28.3 Å². The van der Waals surface area contributed by atoms with Gasteiger partial charge in [0.15, 0.2) is 0 Å². The van der Waals surface area contributed by atoms with Crippen LogP contribution < -0.4 is 9.62 Å². The minimum atomic E-state index is -3.16. The van der Waals surface area contributed by atoms with Gasteiger partial charge in [0.2, 0.25) is 10.0 Å². The molecule has 1 aromatic carbocycles. The number of rotatable bonds is 5. The van der Waals surface area contributed by atoms with Crippen LogP contribution in [0.1, 0.15) is 23.8 Å². The SMILES string of the molecule is CCc1cc2c(NCc3cccc(N4CCCS4(=O)=O)c3)ncnc2s1. The Bertz CT molecular complexity index is 1050. The molecule has 4 rings (SSSR count). The number of fused-ring (bicyclic) bond motifs is 1. The second-order valence-electron chi connectivity index (χ2n) is 6.27. The van der Waals surface area contributed by atoms with E-state index in [4.69, 9.17) is 0 Å². The quantitative estimate of drug-likeness (QED) is 0.725. The van der Waals surface area contributed by atoms with Gasteiger partial charge in [0.25, 0.3) is 0 Å². The summed E-state index contributed by atoms with van der Waals surface area (Å²) < 4.78 is 25.8. The van der Waals surface area contributed by atoms with Crippen LogP contribution in [-0.2, 0) is 23.0 Å². The highest BCUT2D eigenvalue weighted by molar-refractivity contribution is 7.93. The van der Waals surface area contributed by atoms with Crippen molar-refractivity contribution in [3.8, 4) is 0 Å². The van der Waals surface area contributed by atoms with Crippen LogP contribution in [0.2, 0.25) is 0 Å². The number of aromatic nitrogens is 2. The number of nitrogens with one attached hydrogen (secondary N) is 1. The van der Waals surface area contributed by atoms with E-state index < -0.39 is 10.0 Å². The first-order chi connectivity index (χ1) is 12.6. The van der Waals surface area contributed by atoms with E-state index in [9.17, 15) is 8.42 Å². The van der Waals surface area contributed by atoms with E-state index >= 15 is 0 Å². The molecule has 0 unspecified atom stereocenters. The van der Waals surface area contributed by atoms with Crippen LogP contribution in [0.5, 0.6) is 0 Å². The predicted octanol–water partition coefficient (Wildman–Crippen LogP) is 3.41. The smallest absolute Gasteiger partial charge is 0.235 e. The van der Waals surface area contributed by atoms with Crippen molar-refractivity contribution in [1.29, 1.82) is 0 Å². The van der Waals surface area contributed by atoms with E-state index in [0.29, 0.717) is 19.5 Å². The summed E-state index contributed by atoms with van der Waals surface area (Å²) in [7, 11) is -3.16. The summed E-state index contributed by atoms with van der Waals surface area (Å²) in [5, 5.41) is 4.40. The third kappa shape index (κ3) is 3.26. The van der Waals surface area contributed by atoms with E-state index in [-0.39, 0.29) is 5.75 Å². The Morgan fingerprint density at radius 1 is 1.27 bits per heavy atom. The van der Waals surface area contributed by atoms with Crippen LogP contribution in [-0.4, -0.2) is 30.7 Å². The second kappa shape index (κ2) is 6.85. The summed E-state index contributed by atoms with van der Waals surface area (Å²) in [5.74, 6) is 1.04. The lowest BCUT2D eigenvalue weighted by molar-refractivity contribution is 0.599. The van der Waals surface area contributed by atoms with Crippen molar-refractivity contribution in [2.45, 2.75) is 26.3 Å². The molecule has 1 aliphatic rings. The minimum absolute atomic E-state index is 0.228. The number of sulfonamides is 1. The maximum Gasteiger partial charge on any atom is 0.235 e. The zero-order valence-corrected chi connectivity index (χ0v) is 16.1. The summed E-state index contributed by atoms with van der Waals surface area (Å²) in [6.07, 6.45) is 3.24. The number of benzene rings is 1. The molecule has 1 N–H and O–H groups in total. The molecule has 26 heavy (non-hydrogen) atoms. The fourth-order valence-electron chi connectivity index (χ4n) is 3.16. The molecule has 1 fully saturated rings. The summed E-state index contributed by atoms with van der Waals surface area (Å²) >= 11 is 1.69. The summed E-state index contributed by atoms with van der Waals surface area (Å²) in [6, 6.07) is 9.80. The lowest BCUT2D eigenvalue weighted by Crippen LogP contribution is -2.25. The Labute approximate surface area is 157 Å². The number of aryl methyl sites for hydroxylation is 1. The largest absolute Gasteiger partial charge is 0.365 e. The molecule has 3 heterocycles. The Balaban J connectivity index is 1.56. The molecule has 6 nitrogen and oxygen atoms in total. The number of hydrogen-bond donors (Lipinski definition) is 1. The van der Waals surface area contributed by atoms with Crippen LogP contribution in [0.25, 0.3) is 10.2 Å². The Morgan fingerprint density at radius 3 is 2.92 bits per heavy atom. The van der Waals surface area contributed by atoms with Gasteiger partial charge in [-0.25, -0.2) is 18.4 Å². The van der Waals surface area contributed by atoms with Gasteiger partial charge >= 0.3 is 0 Å². The van der Waals surface area contributed by atoms with Crippen molar-refractivity contribution in [2.24, 2.45) is 0 Å². The van der Waals surface area contributed by atoms with Crippen molar-refractivity contribution in [2.75, 3.05) is 21.9 Å². The molecule has 8 heteroatoms. The molecule has 1 saturated heterocycles. The molecule has 0 radical (unpaired) electrons. The van der Waals surface area contributed by atoms with Crippen LogP contribution in [0.3, 0.4) is 0 Å². The standard InChI is InChI=1S/C18H20N4O2S2/c1-2-15-10-16-17(20-12-21-18(16)25-15)19-11-13-5-3-6-14(9-13)22-7-4-8-26(22,23)24/h3,5-6,9-10,12H,2,4,7-8,11H2,1H3,(H,19,20,21). The minimum Gasteiger partial charge on any atom is -0.365 e. The van der Waals surface area contributed by atoms with Gasteiger partial charge in [-0.05, 0) is 36.6 Å². The molecule has 0 aliphatic carbocycles. The number of hydrogen-bond acceptors (Lipinski definition) is 6. The lowest BCUT2D eigenvalue weighted by atomic mass is 10.2. The van der Waals surface area contributed by atoms with Crippen LogP contribution in [0.4, 0.5) is 11.5 Å². The third-order valence-electron chi connectivity index (χ3n) is 4.49. The second-order valence-corrected chi connectivity index (χ2v) is 9.40. The molecule has 0 amide bonds. The van der Waals surface area contributed by atoms with Crippen molar-refractivity contribution in [1.82, 2.24) is 9.97 Å². The summed E-state index contributed by atoms with van der Waals surface area (Å²) in [5.41, 5.74) is 1.75. The molecule has 1 aliphatic heterocycles.